The molecule has 0 bridgehead atoms. The molecule has 1 heterocycles. The number of rotatable bonds is 6. The molecule has 20 heavy (non-hydrogen) atoms. The second kappa shape index (κ2) is 7.60. The molecule has 0 aromatic heterocycles. The summed E-state index contributed by atoms with van der Waals surface area (Å²) in [5.74, 6) is 0.545. The Bertz CT molecular complexity index is 425. The lowest BCUT2D eigenvalue weighted by Crippen LogP contribution is -2.34. The fourth-order valence-corrected chi connectivity index (χ4v) is 2.73. The molecule has 1 unspecified atom stereocenters. The second-order valence-corrected chi connectivity index (χ2v) is 5.65. The quantitative estimate of drug-likeness (QED) is 0.811. The van der Waals surface area contributed by atoms with E-state index in [-0.39, 0.29) is 5.82 Å². The number of nitrogens with one attached hydrogen (secondary N) is 1. The lowest BCUT2D eigenvalue weighted by Gasteiger charge is -2.33. The van der Waals surface area contributed by atoms with Crippen LogP contribution in [0.1, 0.15) is 25.3 Å². The number of ether oxygens (including phenoxy) is 1. The molecule has 1 saturated heterocycles. The maximum absolute atomic E-state index is 14.2. The molecule has 1 N–H and O–H groups in total. The molecule has 2 rings (SSSR count). The molecule has 1 aromatic carbocycles. The average Bonchev–Trinajstić information content (AvgIpc) is 2.44. The highest BCUT2D eigenvalue weighted by atomic mass is 19.1. The summed E-state index contributed by atoms with van der Waals surface area (Å²) in [6, 6.07) is 5.58. The predicted molar refractivity (Wildman–Crippen MR) is 80.6 cm³/mol. The molecule has 0 saturated carbocycles. The number of nitrogens with zero attached hydrogens (tertiary/aromatic N) is 1. The van der Waals surface area contributed by atoms with Crippen molar-refractivity contribution in [2.75, 3.05) is 38.3 Å². The van der Waals surface area contributed by atoms with Crippen molar-refractivity contribution in [2.24, 2.45) is 5.92 Å². The van der Waals surface area contributed by atoms with Crippen LogP contribution in [0.15, 0.2) is 18.2 Å². The van der Waals surface area contributed by atoms with Crippen LogP contribution >= 0.6 is 0 Å². The van der Waals surface area contributed by atoms with Crippen LogP contribution in [0.5, 0.6) is 0 Å². The van der Waals surface area contributed by atoms with Crippen LogP contribution in [0.2, 0.25) is 0 Å². The van der Waals surface area contributed by atoms with Crippen molar-refractivity contribution in [1.29, 1.82) is 0 Å². The van der Waals surface area contributed by atoms with Gasteiger partial charge in [-0.15, -0.1) is 0 Å². The molecule has 1 aliphatic rings. The van der Waals surface area contributed by atoms with Crippen molar-refractivity contribution in [1.82, 2.24) is 5.32 Å². The fraction of sp³-hybridized carbons (Fsp3) is 0.625. The minimum atomic E-state index is -0.106. The predicted octanol–water partition coefficient (Wildman–Crippen LogP) is 2.80. The van der Waals surface area contributed by atoms with Crippen LogP contribution in [0.25, 0.3) is 0 Å². The van der Waals surface area contributed by atoms with Gasteiger partial charge in [-0.1, -0.05) is 13.0 Å². The standard InChI is InChI=1S/C16H25FN2O/c1-13-4-3-8-19(12-13)16-6-5-14(10-15(16)17)11-18-7-9-20-2/h5-6,10,13,18H,3-4,7-9,11-12H2,1-2H3. The van der Waals surface area contributed by atoms with Crippen molar-refractivity contribution in [3.8, 4) is 0 Å². The third-order valence-electron chi connectivity index (χ3n) is 3.82. The third kappa shape index (κ3) is 4.18. The van der Waals surface area contributed by atoms with Gasteiger partial charge in [0.1, 0.15) is 5.82 Å². The summed E-state index contributed by atoms with van der Waals surface area (Å²) in [6.45, 7) is 6.29. The first-order valence-corrected chi connectivity index (χ1v) is 7.43. The van der Waals surface area contributed by atoms with Gasteiger partial charge in [0.15, 0.2) is 0 Å². The van der Waals surface area contributed by atoms with Crippen molar-refractivity contribution < 1.29 is 9.13 Å². The van der Waals surface area contributed by atoms with E-state index in [0.29, 0.717) is 19.1 Å². The van der Waals surface area contributed by atoms with Gasteiger partial charge in [-0.25, -0.2) is 4.39 Å². The Hall–Kier alpha value is -1.13. The SMILES string of the molecule is COCCNCc1ccc(N2CCCC(C)C2)c(F)c1. The lowest BCUT2D eigenvalue weighted by atomic mass is 9.99. The molecule has 112 valence electrons. The maximum atomic E-state index is 14.2. The average molecular weight is 280 g/mol. The van der Waals surface area contributed by atoms with Gasteiger partial charge in [0.05, 0.1) is 12.3 Å². The number of hydrogen-bond donors (Lipinski definition) is 1. The summed E-state index contributed by atoms with van der Waals surface area (Å²) in [5.41, 5.74) is 1.73. The Morgan fingerprint density at radius 3 is 3.00 bits per heavy atom. The van der Waals surface area contributed by atoms with Gasteiger partial charge in [0, 0.05) is 33.3 Å². The highest BCUT2D eigenvalue weighted by Crippen LogP contribution is 2.26. The summed E-state index contributed by atoms with van der Waals surface area (Å²) in [4.78, 5) is 2.17. The van der Waals surface area contributed by atoms with E-state index in [2.05, 4.69) is 17.1 Å². The molecule has 4 heteroatoms. The first-order chi connectivity index (χ1) is 9.70. The van der Waals surface area contributed by atoms with Gasteiger partial charge < -0.3 is 15.0 Å². The zero-order valence-electron chi connectivity index (χ0n) is 12.5. The van der Waals surface area contributed by atoms with Gasteiger partial charge in [0.25, 0.3) is 0 Å². The summed E-state index contributed by atoms with van der Waals surface area (Å²) >= 11 is 0. The molecule has 1 atom stereocenters. The number of benzene rings is 1. The Balaban J connectivity index is 1.95. The normalized spacial score (nSPS) is 19.4. The van der Waals surface area contributed by atoms with E-state index >= 15 is 0 Å². The van der Waals surface area contributed by atoms with Crippen molar-refractivity contribution in [2.45, 2.75) is 26.3 Å². The monoisotopic (exact) mass is 280 g/mol. The van der Waals surface area contributed by atoms with E-state index in [4.69, 9.17) is 4.74 Å². The number of methoxy groups -OCH3 is 1. The van der Waals surface area contributed by atoms with E-state index in [1.807, 2.05) is 12.1 Å². The number of halogens is 1. The largest absolute Gasteiger partial charge is 0.383 e. The van der Waals surface area contributed by atoms with Crippen LogP contribution in [0, 0.1) is 11.7 Å². The van der Waals surface area contributed by atoms with E-state index < -0.39 is 0 Å². The summed E-state index contributed by atoms with van der Waals surface area (Å²) in [7, 11) is 1.68. The van der Waals surface area contributed by atoms with Crippen LogP contribution in [-0.4, -0.2) is 33.4 Å². The molecule has 0 spiro atoms. The molecule has 1 fully saturated rings. The van der Waals surface area contributed by atoms with Gasteiger partial charge in [-0.2, -0.15) is 0 Å². The molecule has 0 radical (unpaired) electrons. The second-order valence-electron chi connectivity index (χ2n) is 5.65. The van der Waals surface area contributed by atoms with E-state index in [0.717, 1.165) is 37.3 Å². The maximum Gasteiger partial charge on any atom is 0.146 e. The van der Waals surface area contributed by atoms with Crippen molar-refractivity contribution in [3.63, 3.8) is 0 Å². The number of piperidine rings is 1. The van der Waals surface area contributed by atoms with Gasteiger partial charge >= 0.3 is 0 Å². The molecule has 0 aliphatic carbocycles. The fourth-order valence-electron chi connectivity index (χ4n) is 2.73. The highest BCUT2D eigenvalue weighted by molar-refractivity contribution is 5.49. The van der Waals surface area contributed by atoms with Gasteiger partial charge in [0.2, 0.25) is 0 Å². The van der Waals surface area contributed by atoms with Gasteiger partial charge in [-0.3, -0.25) is 0 Å². The summed E-state index contributed by atoms with van der Waals surface area (Å²) in [6.07, 6.45) is 2.40. The van der Waals surface area contributed by atoms with Crippen LogP contribution in [0.4, 0.5) is 10.1 Å². The molecule has 0 amide bonds. The summed E-state index contributed by atoms with van der Waals surface area (Å²) < 4.78 is 19.2. The van der Waals surface area contributed by atoms with Crippen LogP contribution in [0.3, 0.4) is 0 Å². The van der Waals surface area contributed by atoms with Crippen molar-refractivity contribution in [3.05, 3.63) is 29.6 Å². The Morgan fingerprint density at radius 1 is 1.45 bits per heavy atom. The van der Waals surface area contributed by atoms with Crippen LogP contribution in [-0.2, 0) is 11.3 Å². The van der Waals surface area contributed by atoms with Crippen molar-refractivity contribution >= 4 is 5.69 Å². The summed E-state index contributed by atoms with van der Waals surface area (Å²) in [5, 5.41) is 3.23. The highest BCUT2D eigenvalue weighted by Gasteiger charge is 2.19. The minimum absolute atomic E-state index is 0.106. The molecule has 1 aromatic rings. The number of anilines is 1. The molecule has 1 aliphatic heterocycles. The number of hydrogen-bond acceptors (Lipinski definition) is 3. The van der Waals surface area contributed by atoms with E-state index in [1.54, 1.807) is 13.2 Å². The molecule has 3 nitrogen and oxygen atoms in total. The Kier molecular flexibility index (Phi) is 5.80. The zero-order chi connectivity index (χ0) is 14.4. The van der Waals surface area contributed by atoms with Gasteiger partial charge in [-0.05, 0) is 36.5 Å². The van der Waals surface area contributed by atoms with E-state index in [1.165, 1.54) is 6.42 Å². The Labute approximate surface area is 121 Å². The smallest absolute Gasteiger partial charge is 0.146 e. The minimum Gasteiger partial charge on any atom is -0.383 e. The lowest BCUT2D eigenvalue weighted by molar-refractivity contribution is 0.199. The Morgan fingerprint density at radius 2 is 2.30 bits per heavy atom. The first-order valence-electron chi connectivity index (χ1n) is 7.43. The molecular weight excluding hydrogens is 255 g/mol. The third-order valence-corrected chi connectivity index (χ3v) is 3.82. The zero-order valence-corrected chi connectivity index (χ0v) is 12.5. The van der Waals surface area contributed by atoms with Crippen LogP contribution < -0.4 is 10.2 Å². The van der Waals surface area contributed by atoms with E-state index in [9.17, 15) is 4.39 Å². The topological polar surface area (TPSA) is 24.5 Å². The molecular formula is C16H25FN2O. The first kappa shape index (κ1) is 15.3.